The molecule has 1 aliphatic carbocycles. The van der Waals surface area contributed by atoms with E-state index >= 15 is 0 Å². The second-order valence-corrected chi connectivity index (χ2v) is 3.79. The van der Waals surface area contributed by atoms with Crippen LogP contribution in [-0.2, 0) is 4.79 Å². The molecule has 1 aromatic rings. The Morgan fingerprint density at radius 1 is 1.19 bits per heavy atom. The quantitative estimate of drug-likeness (QED) is 0.722. The summed E-state index contributed by atoms with van der Waals surface area (Å²) in [5.74, 6) is 0.133. The summed E-state index contributed by atoms with van der Waals surface area (Å²) >= 11 is 0. The number of ketones is 2. The van der Waals surface area contributed by atoms with Gasteiger partial charge < -0.3 is 0 Å². The standard InChI is InChI=1S/C14H12O2/c15-13-8-4-5-11(9-13)10-14(16)12-6-2-1-3-7-12/h1-8H,9-10H2. The molecule has 1 aliphatic rings. The first-order chi connectivity index (χ1) is 7.75. The molecule has 0 saturated heterocycles. The zero-order valence-corrected chi connectivity index (χ0v) is 8.85. The molecule has 0 heterocycles. The lowest BCUT2D eigenvalue weighted by Crippen LogP contribution is -2.06. The van der Waals surface area contributed by atoms with Crippen molar-refractivity contribution in [2.24, 2.45) is 0 Å². The maximum Gasteiger partial charge on any atom is 0.166 e. The van der Waals surface area contributed by atoms with Crippen LogP contribution >= 0.6 is 0 Å². The van der Waals surface area contributed by atoms with Crippen LogP contribution in [0.4, 0.5) is 0 Å². The molecule has 0 amide bonds. The molecule has 16 heavy (non-hydrogen) atoms. The van der Waals surface area contributed by atoms with Gasteiger partial charge in [0.1, 0.15) is 0 Å². The molecule has 2 rings (SSSR count). The van der Waals surface area contributed by atoms with Gasteiger partial charge in [0.2, 0.25) is 0 Å². The molecule has 0 atom stereocenters. The van der Waals surface area contributed by atoms with Crippen LogP contribution in [0.1, 0.15) is 23.2 Å². The third-order valence-electron chi connectivity index (χ3n) is 2.50. The largest absolute Gasteiger partial charge is 0.294 e. The van der Waals surface area contributed by atoms with Crippen molar-refractivity contribution < 1.29 is 9.59 Å². The molecule has 0 aliphatic heterocycles. The topological polar surface area (TPSA) is 34.1 Å². The molecular formula is C14H12O2. The van der Waals surface area contributed by atoms with E-state index < -0.39 is 0 Å². The fraction of sp³-hybridized carbons (Fsp3) is 0.143. The van der Waals surface area contributed by atoms with Crippen molar-refractivity contribution in [1.29, 1.82) is 0 Å². The van der Waals surface area contributed by atoms with Gasteiger partial charge in [-0.15, -0.1) is 0 Å². The molecule has 0 saturated carbocycles. The Morgan fingerprint density at radius 2 is 1.94 bits per heavy atom. The molecule has 0 radical (unpaired) electrons. The highest BCUT2D eigenvalue weighted by atomic mass is 16.1. The van der Waals surface area contributed by atoms with Gasteiger partial charge in [0, 0.05) is 18.4 Å². The summed E-state index contributed by atoms with van der Waals surface area (Å²) in [5.41, 5.74) is 1.59. The smallest absolute Gasteiger partial charge is 0.166 e. The number of allylic oxidation sites excluding steroid dienone is 4. The number of benzene rings is 1. The second-order valence-electron chi connectivity index (χ2n) is 3.79. The minimum absolute atomic E-state index is 0.0648. The molecule has 0 unspecified atom stereocenters. The summed E-state index contributed by atoms with van der Waals surface area (Å²) in [6, 6.07) is 9.15. The van der Waals surface area contributed by atoms with Gasteiger partial charge in [-0.25, -0.2) is 0 Å². The average molecular weight is 212 g/mol. The van der Waals surface area contributed by atoms with Gasteiger partial charge in [0.15, 0.2) is 11.6 Å². The Hall–Kier alpha value is -1.96. The van der Waals surface area contributed by atoms with E-state index in [2.05, 4.69) is 0 Å². The number of hydrogen-bond acceptors (Lipinski definition) is 2. The fourth-order valence-electron chi connectivity index (χ4n) is 1.69. The van der Waals surface area contributed by atoms with Gasteiger partial charge in [-0.05, 0) is 6.08 Å². The van der Waals surface area contributed by atoms with Crippen molar-refractivity contribution in [2.45, 2.75) is 12.8 Å². The highest BCUT2D eigenvalue weighted by Crippen LogP contribution is 2.16. The number of carbonyl (C=O) groups is 2. The Kier molecular flexibility index (Phi) is 3.10. The molecule has 80 valence electrons. The first-order valence-electron chi connectivity index (χ1n) is 5.23. The van der Waals surface area contributed by atoms with Gasteiger partial charge in [0.25, 0.3) is 0 Å². The number of carbonyl (C=O) groups excluding carboxylic acids is 2. The van der Waals surface area contributed by atoms with Crippen LogP contribution in [0, 0.1) is 0 Å². The predicted octanol–water partition coefficient (Wildman–Crippen LogP) is 2.71. The van der Waals surface area contributed by atoms with Gasteiger partial charge in [-0.2, -0.15) is 0 Å². The monoisotopic (exact) mass is 212 g/mol. The third kappa shape index (κ3) is 2.54. The molecule has 2 nitrogen and oxygen atoms in total. The Balaban J connectivity index is 2.06. The SMILES string of the molecule is O=C1C=CC=C(CC(=O)c2ccccc2)C1. The summed E-state index contributed by atoms with van der Waals surface area (Å²) in [6.45, 7) is 0. The van der Waals surface area contributed by atoms with E-state index in [0.717, 1.165) is 5.57 Å². The molecule has 0 N–H and O–H groups in total. The van der Waals surface area contributed by atoms with Crippen LogP contribution in [0.5, 0.6) is 0 Å². The normalized spacial score (nSPS) is 14.8. The molecule has 0 bridgehead atoms. The fourth-order valence-corrected chi connectivity index (χ4v) is 1.69. The molecule has 0 spiro atoms. The van der Waals surface area contributed by atoms with Gasteiger partial charge >= 0.3 is 0 Å². The van der Waals surface area contributed by atoms with E-state index in [1.165, 1.54) is 6.08 Å². The van der Waals surface area contributed by atoms with E-state index in [0.29, 0.717) is 18.4 Å². The van der Waals surface area contributed by atoms with E-state index in [-0.39, 0.29) is 11.6 Å². The van der Waals surface area contributed by atoms with Crippen LogP contribution in [-0.4, -0.2) is 11.6 Å². The maximum absolute atomic E-state index is 11.8. The Labute approximate surface area is 94.3 Å². The lowest BCUT2D eigenvalue weighted by Gasteiger charge is -2.07. The van der Waals surface area contributed by atoms with Gasteiger partial charge in [-0.3, -0.25) is 9.59 Å². The zero-order chi connectivity index (χ0) is 11.4. The minimum atomic E-state index is 0.0648. The minimum Gasteiger partial charge on any atom is -0.294 e. The molecule has 2 heteroatoms. The maximum atomic E-state index is 11.8. The van der Waals surface area contributed by atoms with Crippen molar-refractivity contribution in [3.8, 4) is 0 Å². The lowest BCUT2D eigenvalue weighted by molar-refractivity contribution is -0.114. The number of hydrogen-bond donors (Lipinski definition) is 0. The lowest BCUT2D eigenvalue weighted by atomic mass is 9.96. The van der Waals surface area contributed by atoms with E-state index in [1.54, 1.807) is 18.2 Å². The Bertz CT molecular complexity index is 467. The summed E-state index contributed by atoms with van der Waals surface area (Å²) < 4.78 is 0. The van der Waals surface area contributed by atoms with Crippen molar-refractivity contribution >= 4 is 11.6 Å². The van der Waals surface area contributed by atoms with Crippen molar-refractivity contribution in [3.05, 3.63) is 59.7 Å². The number of rotatable bonds is 3. The van der Waals surface area contributed by atoms with E-state index in [4.69, 9.17) is 0 Å². The molecule has 0 aromatic heterocycles. The van der Waals surface area contributed by atoms with E-state index in [1.807, 2.05) is 24.3 Å². The van der Waals surface area contributed by atoms with Gasteiger partial charge in [-0.1, -0.05) is 48.1 Å². The average Bonchev–Trinajstić information content (AvgIpc) is 2.30. The van der Waals surface area contributed by atoms with Crippen LogP contribution in [0.25, 0.3) is 0 Å². The summed E-state index contributed by atoms with van der Waals surface area (Å²) in [4.78, 5) is 23.0. The van der Waals surface area contributed by atoms with Crippen molar-refractivity contribution in [1.82, 2.24) is 0 Å². The predicted molar refractivity (Wildman–Crippen MR) is 62.2 cm³/mol. The molecular weight excluding hydrogens is 200 g/mol. The summed E-state index contributed by atoms with van der Waals surface area (Å²) in [7, 11) is 0. The molecule has 0 fully saturated rings. The zero-order valence-electron chi connectivity index (χ0n) is 8.85. The number of Topliss-reactive ketones (excluding diaryl/α,β-unsaturated/α-hetero) is 1. The first-order valence-corrected chi connectivity index (χ1v) is 5.23. The highest BCUT2D eigenvalue weighted by Gasteiger charge is 2.12. The summed E-state index contributed by atoms with van der Waals surface area (Å²) in [5, 5.41) is 0. The van der Waals surface area contributed by atoms with Crippen molar-refractivity contribution in [3.63, 3.8) is 0 Å². The van der Waals surface area contributed by atoms with Crippen LogP contribution in [0.3, 0.4) is 0 Å². The third-order valence-corrected chi connectivity index (χ3v) is 2.50. The van der Waals surface area contributed by atoms with Gasteiger partial charge in [0.05, 0.1) is 0 Å². The highest BCUT2D eigenvalue weighted by molar-refractivity contribution is 5.99. The van der Waals surface area contributed by atoms with Crippen LogP contribution < -0.4 is 0 Å². The first kappa shape index (κ1) is 10.6. The Morgan fingerprint density at radius 3 is 2.62 bits per heavy atom. The van der Waals surface area contributed by atoms with Crippen molar-refractivity contribution in [2.75, 3.05) is 0 Å². The molecule has 1 aromatic carbocycles. The van der Waals surface area contributed by atoms with Crippen LogP contribution in [0.2, 0.25) is 0 Å². The van der Waals surface area contributed by atoms with Crippen LogP contribution in [0.15, 0.2) is 54.1 Å². The summed E-state index contributed by atoms with van der Waals surface area (Å²) in [6.07, 6.45) is 5.80. The van der Waals surface area contributed by atoms with E-state index in [9.17, 15) is 9.59 Å². The second kappa shape index (κ2) is 4.71.